The van der Waals surface area contributed by atoms with Gasteiger partial charge in [-0.3, -0.25) is 0 Å². The Labute approximate surface area is 113 Å². The first-order valence-corrected chi connectivity index (χ1v) is 6.71. The highest BCUT2D eigenvalue weighted by molar-refractivity contribution is 6.30. The second-order valence-electron chi connectivity index (χ2n) is 4.77. The third kappa shape index (κ3) is 3.37. The van der Waals surface area contributed by atoms with Crippen LogP contribution >= 0.6 is 11.6 Å². The van der Waals surface area contributed by atoms with Gasteiger partial charge in [0.1, 0.15) is 11.9 Å². The molecule has 1 aliphatic heterocycles. The lowest BCUT2D eigenvalue weighted by Crippen LogP contribution is -2.33. The molecule has 1 aromatic carbocycles. The monoisotopic (exact) mass is 269 g/mol. The highest BCUT2D eigenvalue weighted by Gasteiger charge is 2.26. The van der Waals surface area contributed by atoms with Crippen molar-refractivity contribution in [1.29, 1.82) is 0 Å². The van der Waals surface area contributed by atoms with Gasteiger partial charge in [0.25, 0.3) is 0 Å². The number of halogens is 1. The van der Waals surface area contributed by atoms with Gasteiger partial charge in [0, 0.05) is 24.6 Å². The van der Waals surface area contributed by atoms with Crippen LogP contribution in [0.3, 0.4) is 0 Å². The Morgan fingerprint density at radius 3 is 2.94 bits per heavy atom. The average molecular weight is 270 g/mol. The highest BCUT2D eigenvalue weighted by atomic mass is 35.5. The first kappa shape index (κ1) is 13.7. The highest BCUT2D eigenvalue weighted by Crippen LogP contribution is 2.26. The van der Waals surface area contributed by atoms with Crippen molar-refractivity contribution in [3.8, 4) is 5.75 Å². The lowest BCUT2D eigenvalue weighted by molar-refractivity contribution is 0.0478. The summed E-state index contributed by atoms with van der Waals surface area (Å²) in [4.78, 5) is 0. The van der Waals surface area contributed by atoms with Crippen molar-refractivity contribution in [3.63, 3.8) is 0 Å². The van der Waals surface area contributed by atoms with Crippen LogP contribution in [-0.2, 0) is 4.74 Å². The number of benzene rings is 1. The van der Waals surface area contributed by atoms with E-state index in [1.54, 1.807) is 7.11 Å². The summed E-state index contributed by atoms with van der Waals surface area (Å²) in [7, 11) is 1.72. The van der Waals surface area contributed by atoms with Crippen molar-refractivity contribution in [2.75, 3.05) is 26.8 Å². The summed E-state index contributed by atoms with van der Waals surface area (Å²) >= 11 is 5.95. The number of hydrogen-bond donors (Lipinski definition) is 1. The maximum Gasteiger partial charge on any atom is 0.126 e. The Balaban J connectivity index is 2.07. The summed E-state index contributed by atoms with van der Waals surface area (Å²) in [6.07, 6.45) is 1.24. The van der Waals surface area contributed by atoms with E-state index in [4.69, 9.17) is 21.1 Å². The van der Waals surface area contributed by atoms with Crippen molar-refractivity contribution < 1.29 is 9.47 Å². The van der Waals surface area contributed by atoms with E-state index in [1.165, 1.54) is 0 Å². The topological polar surface area (TPSA) is 30.5 Å². The van der Waals surface area contributed by atoms with Gasteiger partial charge < -0.3 is 14.8 Å². The number of rotatable bonds is 5. The van der Waals surface area contributed by atoms with Gasteiger partial charge in [-0.15, -0.1) is 0 Å². The fourth-order valence-electron chi connectivity index (χ4n) is 2.33. The van der Waals surface area contributed by atoms with Gasteiger partial charge in [0.15, 0.2) is 0 Å². The van der Waals surface area contributed by atoms with Crippen LogP contribution in [0.1, 0.15) is 12.0 Å². The zero-order valence-corrected chi connectivity index (χ0v) is 11.7. The molecule has 1 N–H and O–H groups in total. The number of nitrogens with one attached hydrogen (secondary N) is 1. The minimum Gasteiger partial charge on any atom is -0.487 e. The van der Waals surface area contributed by atoms with Crippen LogP contribution in [0.5, 0.6) is 5.75 Å². The Morgan fingerprint density at radius 2 is 2.33 bits per heavy atom. The molecule has 1 aliphatic rings. The van der Waals surface area contributed by atoms with Crippen molar-refractivity contribution in [2.45, 2.75) is 19.4 Å². The van der Waals surface area contributed by atoms with Crippen LogP contribution in [0, 0.1) is 12.8 Å². The van der Waals surface area contributed by atoms with E-state index in [2.05, 4.69) is 5.32 Å². The van der Waals surface area contributed by atoms with E-state index in [9.17, 15) is 0 Å². The summed E-state index contributed by atoms with van der Waals surface area (Å²) in [5, 5.41) is 4.11. The van der Waals surface area contributed by atoms with Crippen LogP contribution in [0.2, 0.25) is 5.02 Å². The minimum atomic E-state index is 0.102. The molecule has 1 fully saturated rings. The van der Waals surface area contributed by atoms with Crippen LogP contribution in [-0.4, -0.2) is 32.9 Å². The maximum atomic E-state index is 6.10. The third-order valence-electron chi connectivity index (χ3n) is 3.37. The molecule has 4 heteroatoms. The van der Waals surface area contributed by atoms with Gasteiger partial charge in [-0.05, 0) is 43.7 Å². The van der Waals surface area contributed by atoms with E-state index < -0.39 is 0 Å². The SMILES string of the molecule is COC[C@H](Oc1ccc(Cl)cc1C)[C@H]1CCNC1. The molecule has 0 amide bonds. The zero-order valence-electron chi connectivity index (χ0n) is 10.9. The summed E-state index contributed by atoms with van der Waals surface area (Å²) in [5.41, 5.74) is 1.06. The van der Waals surface area contributed by atoms with Crippen molar-refractivity contribution in [1.82, 2.24) is 5.32 Å². The molecule has 3 nitrogen and oxygen atoms in total. The van der Waals surface area contributed by atoms with Gasteiger partial charge in [0.2, 0.25) is 0 Å². The molecule has 0 bridgehead atoms. The lowest BCUT2D eigenvalue weighted by Gasteiger charge is -2.24. The van der Waals surface area contributed by atoms with E-state index >= 15 is 0 Å². The second-order valence-corrected chi connectivity index (χ2v) is 5.21. The molecule has 1 aromatic rings. The van der Waals surface area contributed by atoms with Gasteiger partial charge in [-0.2, -0.15) is 0 Å². The first-order chi connectivity index (χ1) is 8.70. The molecule has 18 heavy (non-hydrogen) atoms. The molecule has 2 rings (SSSR count). The van der Waals surface area contributed by atoms with Crippen LogP contribution in [0.25, 0.3) is 0 Å². The lowest BCUT2D eigenvalue weighted by atomic mass is 10.0. The Morgan fingerprint density at radius 1 is 1.50 bits per heavy atom. The molecule has 100 valence electrons. The molecule has 1 heterocycles. The van der Waals surface area contributed by atoms with Gasteiger partial charge in [-0.1, -0.05) is 11.6 Å². The molecule has 0 unspecified atom stereocenters. The van der Waals surface area contributed by atoms with E-state index in [-0.39, 0.29) is 6.10 Å². The Kier molecular flexibility index (Phi) is 4.87. The Hall–Kier alpha value is -0.770. The third-order valence-corrected chi connectivity index (χ3v) is 3.61. The van der Waals surface area contributed by atoms with Gasteiger partial charge in [-0.25, -0.2) is 0 Å². The maximum absolute atomic E-state index is 6.10. The molecular weight excluding hydrogens is 250 g/mol. The number of ether oxygens (including phenoxy) is 2. The predicted molar refractivity (Wildman–Crippen MR) is 73.5 cm³/mol. The fourth-order valence-corrected chi connectivity index (χ4v) is 2.56. The summed E-state index contributed by atoms with van der Waals surface area (Å²) in [6.45, 7) is 4.70. The normalized spacial score (nSPS) is 20.9. The average Bonchev–Trinajstić information content (AvgIpc) is 2.85. The molecule has 2 atom stereocenters. The number of hydrogen-bond acceptors (Lipinski definition) is 3. The fraction of sp³-hybridized carbons (Fsp3) is 0.571. The molecule has 0 spiro atoms. The number of methoxy groups -OCH3 is 1. The van der Waals surface area contributed by atoms with Crippen LogP contribution in [0.4, 0.5) is 0 Å². The summed E-state index contributed by atoms with van der Waals surface area (Å²) < 4.78 is 11.4. The molecule has 0 radical (unpaired) electrons. The minimum absolute atomic E-state index is 0.102. The molecule has 0 aliphatic carbocycles. The van der Waals surface area contributed by atoms with E-state index in [1.807, 2.05) is 25.1 Å². The van der Waals surface area contributed by atoms with Gasteiger partial charge >= 0.3 is 0 Å². The quantitative estimate of drug-likeness (QED) is 0.891. The molecular formula is C14H20ClNO2. The summed E-state index contributed by atoms with van der Waals surface area (Å²) in [6, 6.07) is 5.72. The molecule has 0 aromatic heterocycles. The zero-order chi connectivity index (χ0) is 13.0. The van der Waals surface area contributed by atoms with E-state index in [0.717, 1.165) is 35.8 Å². The molecule has 0 saturated carbocycles. The largest absolute Gasteiger partial charge is 0.487 e. The van der Waals surface area contributed by atoms with Crippen LogP contribution < -0.4 is 10.1 Å². The number of aryl methyl sites for hydroxylation is 1. The van der Waals surface area contributed by atoms with Crippen LogP contribution in [0.15, 0.2) is 18.2 Å². The molecule has 1 saturated heterocycles. The van der Waals surface area contributed by atoms with Gasteiger partial charge in [0.05, 0.1) is 6.61 Å². The van der Waals surface area contributed by atoms with Crippen molar-refractivity contribution in [3.05, 3.63) is 28.8 Å². The second kappa shape index (κ2) is 6.41. The predicted octanol–water partition coefficient (Wildman–Crippen LogP) is 2.65. The van der Waals surface area contributed by atoms with E-state index in [0.29, 0.717) is 12.5 Å². The smallest absolute Gasteiger partial charge is 0.126 e. The summed E-state index contributed by atoms with van der Waals surface area (Å²) in [5.74, 6) is 1.41. The first-order valence-electron chi connectivity index (χ1n) is 6.33. The standard InChI is InChI=1S/C14H20ClNO2/c1-10-7-12(15)3-4-13(10)18-14(9-17-2)11-5-6-16-8-11/h3-4,7,11,14,16H,5-6,8-9H2,1-2H3/t11-,14-/m0/s1. The van der Waals surface area contributed by atoms with Crippen molar-refractivity contribution >= 4 is 11.6 Å². The van der Waals surface area contributed by atoms with Crippen molar-refractivity contribution in [2.24, 2.45) is 5.92 Å². The Bertz CT molecular complexity index is 391.